The van der Waals surface area contributed by atoms with E-state index in [4.69, 9.17) is 0 Å². The SMILES string of the molecule is O=C(C1CCCC1)N1CCC2(CC1)C(=O)N(c1cccc(F)c1)C2c1ccccc1. The highest BCUT2D eigenvalue weighted by atomic mass is 19.1. The van der Waals surface area contributed by atoms with Gasteiger partial charge in [-0.15, -0.1) is 0 Å². The fourth-order valence-electron chi connectivity index (χ4n) is 5.70. The molecule has 0 bridgehead atoms. The van der Waals surface area contributed by atoms with Gasteiger partial charge in [-0.2, -0.15) is 0 Å². The lowest BCUT2D eigenvalue weighted by Gasteiger charge is -2.59. The number of carbonyl (C=O) groups excluding carboxylic acids is 2. The highest BCUT2D eigenvalue weighted by molar-refractivity contribution is 6.06. The van der Waals surface area contributed by atoms with E-state index in [-0.39, 0.29) is 29.6 Å². The Morgan fingerprint density at radius 2 is 1.67 bits per heavy atom. The number of rotatable bonds is 3. The van der Waals surface area contributed by atoms with Crippen LogP contribution in [0, 0.1) is 17.2 Å². The van der Waals surface area contributed by atoms with Crippen molar-refractivity contribution in [2.24, 2.45) is 11.3 Å². The summed E-state index contributed by atoms with van der Waals surface area (Å²) >= 11 is 0. The van der Waals surface area contributed by atoms with Crippen molar-refractivity contribution in [2.45, 2.75) is 44.6 Å². The molecule has 0 radical (unpaired) electrons. The summed E-state index contributed by atoms with van der Waals surface area (Å²) in [5.41, 5.74) is 1.15. The van der Waals surface area contributed by atoms with Crippen LogP contribution in [-0.2, 0) is 9.59 Å². The zero-order valence-corrected chi connectivity index (χ0v) is 17.1. The summed E-state index contributed by atoms with van der Waals surface area (Å²) in [4.78, 5) is 30.0. The smallest absolute Gasteiger partial charge is 0.236 e. The minimum absolute atomic E-state index is 0.0509. The van der Waals surface area contributed by atoms with Crippen molar-refractivity contribution >= 4 is 17.5 Å². The summed E-state index contributed by atoms with van der Waals surface area (Å²) in [6.07, 6.45) is 5.61. The van der Waals surface area contributed by atoms with E-state index < -0.39 is 5.41 Å². The van der Waals surface area contributed by atoms with Gasteiger partial charge in [-0.3, -0.25) is 9.59 Å². The average molecular weight is 407 g/mol. The number of hydrogen-bond acceptors (Lipinski definition) is 2. The normalized spacial score (nSPS) is 23.6. The van der Waals surface area contributed by atoms with Gasteiger partial charge in [0.05, 0.1) is 11.5 Å². The molecule has 2 aromatic carbocycles. The molecule has 3 aliphatic rings. The molecule has 3 fully saturated rings. The van der Waals surface area contributed by atoms with E-state index in [1.54, 1.807) is 17.0 Å². The Morgan fingerprint density at radius 1 is 0.967 bits per heavy atom. The molecule has 30 heavy (non-hydrogen) atoms. The van der Waals surface area contributed by atoms with Crippen LogP contribution in [-0.4, -0.2) is 29.8 Å². The summed E-state index contributed by atoms with van der Waals surface area (Å²) in [6, 6.07) is 16.2. The minimum Gasteiger partial charge on any atom is -0.342 e. The lowest BCUT2D eigenvalue weighted by molar-refractivity contribution is -0.150. The molecular formula is C25H27FN2O2. The lowest BCUT2D eigenvalue weighted by atomic mass is 9.62. The molecule has 1 unspecified atom stereocenters. The number of nitrogens with zero attached hydrogens (tertiary/aromatic N) is 2. The topological polar surface area (TPSA) is 40.6 Å². The number of likely N-dealkylation sites (tertiary alicyclic amines) is 1. The largest absolute Gasteiger partial charge is 0.342 e. The van der Waals surface area contributed by atoms with Crippen LogP contribution in [0.4, 0.5) is 10.1 Å². The zero-order valence-electron chi connectivity index (χ0n) is 17.1. The van der Waals surface area contributed by atoms with Crippen LogP contribution in [0.25, 0.3) is 0 Å². The highest BCUT2D eigenvalue weighted by Crippen LogP contribution is 2.57. The van der Waals surface area contributed by atoms with Gasteiger partial charge < -0.3 is 9.80 Å². The molecule has 0 N–H and O–H groups in total. The quantitative estimate of drug-likeness (QED) is 0.693. The van der Waals surface area contributed by atoms with Gasteiger partial charge in [0, 0.05) is 24.7 Å². The summed E-state index contributed by atoms with van der Waals surface area (Å²) < 4.78 is 13.9. The summed E-state index contributed by atoms with van der Waals surface area (Å²) in [6.45, 7) is 1.25. The fraction of sp³-hybridized carbons (Fsp3) is 0.440. The number of β-lactam (4-membered cyclic amide) rings is 1. The number of benzene rings is 2. The number of amides is 2. The van der Waals surface area contributed by atoms with Gasteiger partial charge in [-0.05, 0) is 49.4 Å². The van der Waals surface area contributed by atoms with E-state index in [1.807, 2.05) is 35.2 Å². The third-order valence-electron chi connectivity index (χ3n) is 7.30. The second-order valence-corrected chi connectivity index (χ2v) is 8.93. The molecule has 2 saturated heterocycles. The number of anilines is 1. The van der Waals surface area contributed by atoms with Crippen LogP contribution in [0.1, 0.15) is 50.1 Å². The molecule has 5 rings (SSSR count). The molecule has 1 aliphatic carbocycles. The van der Waals surface area contributed by atoms with Crippen molar-refractivity contribution in [1.82, 2.24) is 4.90 Å². The van der Waals surface area contributed by atoms with E-state index in [1.165, 1.54) is 12.1 Å². The Labute approximate surface area is 176 Å². The van der Waals surface area contributed by atoms with E-state index >= 15 is 0 Å². The van der Waals surface area contributed by atoms with Gasteiger partial charge in [0.15, 0.2) is 0 Å². The van der Waals surface area contributed by atoms with Crippen LogP contribution < -0.4 is 4.90 Å². The first-order chi connectivity index (χ1) is 14.6. The second kappa shape index (κ2) is 7.53. The molecule has 4 nitrogen and oxygen atoms in total. The molecule has 156 valence electrons. The van der Waals surface area contributed by atoms with E-state index in [2.05, 4.69) is 0 Å². The predicted molar refractivity (Wildman–Crippen MR) is 113 cm³/mol. The third kappa shape index (κ3) is 3.03. The monoisotopic (exact) mass is 406 g/mol. The average Bonchev–Trinajstić information content (AvgIpc) is 3.32. The van der Waals surface area contributed by atoms with Crippen molar-refractivity contribution in [2.75, 3.05) is 18.0 Å². The first-order valence-electron chi connectivity index (χ1n) is 11.0. The van der Waals surface area contributed by atoms with Gasteiger partial charge in [-0.25, -0.2) is 4.39 Å². The first-order valence-corrected chi connectivity index (χ1v) is 11.0. The van der Waals surface area contributed by atoms with E-state index in [9.17, 15) is 14.0 Å². The Morgan fingerprint density at radius 3 is 2.33 bits per heavy atom. The molecule has 2 aromatic rings. The predicted octanol–water partition coefficient (Wildman–Crippen LogP) is 4.71. The molecule has 0 aromatic heterocycles. The maximum Gasteiger partial charge on any atom is 0.236 e. The van der Waals surface area contributed by atoms with Crippen LogP contribution in [0.3, 0.4) is 0 Å². The van der Waals surface area contributed by atoms with Crippen LogP contribution in [0.15, 0.2) is 54.6 Å². The van der Waals surface area contributed by atoms with Gasteiger partial charge >= 0.3 is 0 Å². The standard InChI is InChI=1S/C25H27FN2O2/c26-20-11-6-12-21(17-20)28-22(18-7-2-1-3-8-18)25(24(28)30)13-15-27(16-14-25)23(29)19-9-4-5-10-19/h1-3,6-8,11-12,17,19,22H,4-5,9-10,13-16H2. The number of hydrogen-bond donors (Lipinski definition) is 0. The number of halogens is 1. The molecule has 2 aliphatic heterocycles. The molecule has 1 spiro atoms. The summed E-state index contributed by atoms with van der Waals surface area (Å²) in [5, 5.41) is 0. The lowest BCUT2D eigenvalue weighted by Crippen LogP contribution is -2.67. The Balaban J connectivity index is 1.41. The van der Waals surface area contributed by atoms with Crippen molar-refractivity contribution < 1.29 is 14.0 Å². The Kier molecular flexibility index (Phi) is 4.84. The Bertz CT molecular complexity index is 947. The second-order valence-electron chi connectivity index (χ2n) is 8.93. The van der Waals surface area contributed by atoms with Gasteiger partial charge in [0.2, 0.25) is 11.8 Å². The van der Waals surface area contributed by atoms with E-state index in [0.29, 0.717) is 31.6 Å². The first kappa shape index (κ1) is 19.3. The minimum atomic E-state index is -0.514. The summed E-state index contributed by atoms with van der Waals surface area (Å²) in [7, 11) is 0. The number of piperidine rings is 1. The molecular weight excluding hydrogens is 379 g/mol. The van der Waals surface area contributed by atoms with Gasteiger partial charge in [0.1, 0.15) is 5.82 Å². The van der Waals surface area contributed by atoms with Crippen LogP contribution >= 0.6 is 0 Å². The maximum atomic E-state index is 13.9. The van der Waals surface area contributed by atoms with Crippen molar-refractivity contribution in [3.05, 3.63) is 66.0 Å². The van der Waals surface area contributed by atoms with Gasteiger partial charge in [0.25, 0.3) is 0 Å². The van der Waals surface area contributed by atoms with Crippen molar-refractivity contribution in [3.63, 3.8) is 0 Å². The van der Waals surface area contributed by atoms with Crippen molar-refractivity contribution in [3.8, 4) is 0 Å². The number of carbonyl (C=O) groups is 2. The molecule has 1 atom stereocenters. The highest BCUT2D eigenvalue weighted by Gasteiger charge is 2.62. The molecule has 2 heterocycles. The summed E-state index contributed by atoms with van der Waals surface area (Å²) in [5.74, 6) is 0.150. The van der Waals surface area contributed by atoms with E-state index in [0.717, 1.165) is 31.2 Å². The molecule has 1 saturated carbocycles. The molecule has 2 amide bonds. The zero-order chi connectivity index (χ0) is 20.7. The van der Waals surface area contributed by atoms with Crippen LogP contribution in [0.5, 0.6) is 0 Å². The maximum absolute atomic E-state index is 13.9. The Hall–Kier alpha value is -2.69. The van der Waals surface area contributed by atoms with Crippen LogP contribution in [0.2, 0.25) is 0 Å². The fourth-order valence-corrected chi connectivity index (χ4v) is 5.70. The van der Waals surface area contributed by atoms with Gasteiger partial charge in [-0.1, -0.05) is 49.2 Å². The molecule has 5 heteroatoms. The third-order valence-corrected chi connectivity index (χ3v) is 7.30. The van der Waals surface area contributed by atoms with Crippen molar-refractivity contribution in [1.29, 1.82) is 0 Å².